The van der Waals surface area contributed by atoms with Crippen molar-refractivity contribution in [2.45, 2.75) is 39.3 Å². The van der Waals surface area contributed by atoms with E-state index in [4.69, 9.17) is 4.74 Å². The van der Waals surface area contributed by atoms with Crippen LogP contribution < -0.4 is 4.74 Å². The van der Waals surface area contributed by atoms with E-state index < -0.39 is 0 Å². The minimum atomic E-state index is -0.0656. The monoisotopic (exact) mass is 330 g/mol. The topological polar surface area (TPSA) is 49.9 Å². The molecule has 1 atom stereocenters. The Balaban J connectivity index is 2.05. The Morgan fingerprint density at radius 2 is 1.96 bits per heavy atom. The zero-order valence-electron chi connectivity index (χ0n) is 14.7. The number of ether oxygens (including phenoxy) is 1. The van der Waals surface area contributed by atoms with Crippen molar-refractivity contribution in [3.8, 4) is 5.75 Å². The van der Waals surface area contributed by atoms with E-state index in [9.17, 15) is 9.59 Å². The summed E-state index contributed by atoms with van der Waals surface area (Å²) in [4.78, 5) is 28.2. The third-order valence-electron chi connectivity index (χ3n) is 4.17. The Morgan fingerprint density at radius 1 is 1.29 bits per heavy atom. The van der Waals surface area contributed by atoms with E-state index in [1.54, 1.807) is 17.0 Å². The lowest BCUT2D eigenvalue weighted by atomic mass is 10.1. The first kappa shape index (κ1) is 18.0. The summed E-state index contributed by atoms with van der Waals surface area (Å²) in [7, 11) is 0. The molecule has 0 aliphatic carbocycles. The van der Waals surface area contributed by atoms with Gasteiger partial charge in [-0.2, -0.15) is 0 Å². The van der Waals surface area contributed by atoms with Crippen molar-refractivity contribution in [3.05, 3.63) is 42.5 Å². The van der Waals surface area contributed by atoms with Crippen molar-refractivity contribution in [3.63, 3.8) is 0 Å². The van der Waals surface area contributed by atoms with E-state index in [1.807, 2.05) is 37.8 Å². The minimum Gasteiger partial charge on any atom is -0.491 e. The molecule has 130 valence electrons. The van der Waals surface area contributed by atoms with Gasteiger partial charge in [0.05, 0.1) is 6.10 Å². The van der Waals surface area contributed by atoms with Gasteiger partial charge in [0.2, 0.25) is 5.91 Å². The molecule has 0 bridgehead atoms. The molecule has 0 spiro atoms. The SMILES string of the molecule is C=CC(=O)N1CCN(C(=O)c2ccc(OC(C)C)cc2)C[C@@H]1CC. The zero-order valence-corrected chi connectivity index (χ0v) is 14.7. The number of hydrogen-bond donors (Lipinski definition) is 0. The average molecular weight is 330 g/mol. The fourth-order valence-electron chi connectivity index (χ4n) is 2.93. The molecule has 0 aromatic heterocycles. The lowest BCUT2D eigenvalue weighted by molar-refractivity contribution is -0.130. The predicted octanol–water partition coefficient (Wildman–Crippen LogP) is 2.72. The molecule has 24 heavy (non-hydrogen) atoms. The van der Waals surface area contributed by atoms with Gasteiger partial charge in [0, 0.05) is 31.2 Å². The van der Waals surface area contributed by atoms with E-state index in [0.29, 0.717) is 25.2 Å². The number of nitrogens with zero attached hydrogens (tertiary/aromatic N) is 2. The van der Waals surface area contributed by atoms with Gasteiger partial charge >= 0.3 is 0 Å². The van der Waals surface area contributed by atoms with Crippen LogP contribution in [0.3, 0.4) is 0 Å². The third kappa shape index (κ3) is 4.16. The summed E-state index contributed by atoms with van der Waals surface area (Å²) in [6.07, 6.45) is 2.25. The van der Waals surface area contributed by atoms with E-state index in [2.05, 4.69) is 6.58 Å². The Morgan fingerprint density at radius 3 is 2.50 bits per heavy atom. The first-order chi connectivity index (χ1) is 11.5. The van der Waals surface area contributed by atoms with Crippen LogP contribution in [0.1, 0.15) is 37.6 Å². The van der Waals surface area contributed by atoms with Crippen LogP contribution in [-0.4, -0.2) is 53.4 Å². The van der Waals surface area contributed by atoms with Crippen LogP contribution >= 0.6 is 0 Å². The van der Waals surface area contributed by atoms with Gasteiger partial charge in [-0.15, -0.1) is 0 Å². The van der Waals surface area contributed by atoms with Gasteiger partial charge < -0.3 is 14.5 Å². The standard InChI is InChI=1S/C19H26N2O3/c1-5-16-13-20(11-12-21(16)18(22)6-2)19(23)15-7-9-17(10-8-15)24-14(3)4/h6-10,14,16H,2,5,11-13H2,1,3-4H3/t16-/m0/s1. The van der Waals surface area contributed by atoms with Gasteiger partial charge in [-0.3, -0.25) is 9.59 Å². The third-order valence-corrected chi connectivity index (χ3v) is 4.17. The zero-order chi connectivity index (χ0) is 17.7. The maximum atomic E-state index is 12.7. The second-order valence-electron chi connectivity index (χ2n) is 6.24. The van der Waals surface area contributed by atoms with Crippen LogP contribution in [0.25, 0.3) is 0 Å². The molecule has 1 saturated heterocycles. The molecule has 2 amide bonds. The summed E-state index contributed by atoms with van der Waals surface area (Å²) in [6, 6.07) is 7.27. The quantitative estimate of drug-likeness (QED) is 0.780. The highest BCUT2D eigenvalue weighted by molar-refractivity contribution is 5.94. The van der Waals surface area contributed by atoms with Crippen LogP contribution in [0.5, 0.6) is 5.75 Å². The van der Waals surface area contributed by atoms with Crippen molar-refractivity contribution in [2.75, 3.05) is 19.6 Å². The summed E-state index contributed by atoms with van der Waals surface area (Å²) >= 11 is 0. The number of carbonyl (C=O) groups excluding carboxylic acids is 2. The van der Waals surface area contributed by atoms with Crippen molar-refractivity contribution >= 4 is 11.8 Å². The molecule has 1 aromatic rings. The number of carbonyl (C=O) groups is 2. The second-order valence-corrected chi connectivity index (χ2v) is 6.24. The van der Waals surface area contributed by atoms with Crippen molar-refractivity contribution in [1.82, 2.24) is 9.80 Å². The Bertz CT molecular complexity index is 595. The van der Waals surface area contributed by atoms with Crippen molar-refractivity contribution < 1.29 is 14.3 Å². The molecule has 2 rings (SSSR count). The van der Waals surface area contributed by atoms with Crippen molar-refractivity contribution in [1.29, 1.82) is 0 Å². The van der Waals surface area contributed by atoms with Gasteiger partial charge in [-0.05, 0) is 50.6 Å². The lowest BCUT2D eigenvalue weighted by Crippen LogP contribution is -2.56. The van der Waals surface area contributed by atoms with Crippen LogP contribution in [0, 0.1) is 0 Å². The fraction of sp³-hybridized carbons (Fsp3) is 0.474. The summed E-state index contributed by atoms with van der Waals surface area (Å²) in [5, 5.41) is 0. The first-order valence-corrected chi connectivity index (χ1v) is 8.45. The summed E-state index contributed by atoms with van der Waals surface area (Å²) in [5.74, 6) is 0.689. The molecular weight excluding hydrogens is 304 g/mol. The van der Waals surface area contributed by atoms with Crippen molar-refractivity contribution in [2.24, 2.45) is 0 Å². The molecule has 1 aliphatic heterocycles. The van der Waals surface area contributed by atoms with Gasteiger partial charge in [0.25, 0.3) is 5.91 Å². The molecule has 0 saturated carbocycles. The highest BCUT2D eigenvalue weighted by Crippen LogP contribution is 2.18. The second kappa shape index (κ2) is 7.99. The molecule has 0 unspecified atom stereocenters. The number of piperazine rings is 1. The Labute approximate surface area is 143 Å². The number of amides is 2. The molecule has 1 aromatic carbocycles. The first-order valence-electron chi connectivity index (χ1n) is 8.45. The van der Waals surface area contributed by atoms with Crippen LogP contribution in [-0.2, 0) is 4.79 Å². The molecular formula is C19H26N2O3. The van der Waals surface area contributed by atoms with Gasteiger partial charge in [-0.1, -0.05) is 13.5 Å². The summed E-state index contributed by atoms with van der Waals surface area (Å²) in [5.41, 5.74) is 0.643. The molecule has 1 fully saturated rings. The minimum absolute atomic E-state index is 0.00440. The van der Waals surface area contributed by atoms with Gasteiger partial charge in [0.1, 0.15) is 5.75 Å². The fourth-order valence-corrected chi connectivity index (χ4v) is 2.93. The Hall–Kier alpha value is -2.30. The van der Waals surface area contributed by atoms with E-state index in [-0.39, 0.29) is 24.0 Å². The maximum Gasteiger partial charge on any atom is 0.253 e. The molecule has 5 nitrogen and oxygen atoms in total. The van der Waals surface area contributed by atoms with E-state index >= 15 is 0 Å². The van der Waals surface area contributed by atoms with Crippen LogP contribution in [0.2, 0.25) is 0 Å². The lowest BCUT2D eigenvalue weighted by Gasteiger charge is -2.40. The van der Waals surface area contributed by atoms with Gasteiger partial charge in [0.15, 0.2) is 0 Å². The summed E-state index contributed by atoms with van der Waals surface area (Å²) in [6.45, 7) is 11.2. The normalized spacial score (nSPS) is 17.8. The largest absolute Gasteiger partial charge is 0.491 e. The smallest absolute Gasteiger partial charge is 0.253 e. The van der Waals surface area contributed by atoms with E-state index in [1.165, 1.54) is 6.08 Å². The molecule has 5 heteroatoms. The van der Waals surface area contributed by atoms with E-state index in [0.717, 1.165) is 12.2 Å². The molecule has 0 radical (unpaired) electrons. The molecule has 1 aliphatic rings. The molecule has 0 N–H and O–H groups in total. The van der Waals surface area contributed by atoms with Gasteiger partial charge in [-0.25, -0.2) is 0 Å². The number of rotatable bonds is 5. The average Bonchev–Trinajstić information content (AvgIpc) is 2.60. The van der Waals surface area contributed by atoms with Crippen LogP contribution in [0.15, 0.2) is 36.9 Å². The highest BCUT2D eigenvalue weighted by Gasteiger charge is 2.30. The molecule has 1 heterocycles. The number of benzene rings is 1. The van der Waals surface area contributed by atoms with Crippen LogP contribution in [0.4, 0.5) is 0 Å². The maximum absolute atomic E-state index is 12.7. The highest BCUT2D eigenvalue weighted by atomic mass is 16.5. The predicted molar refractivity (Wildman–Crippen MR) is 94.1 cm³/mol. The number of hydrogen-bond acceptors (Lipinski definition) is 3. The summed E-state index contributed by atoms with van der Waals surface area (Å²) < 4.78 is 5.60. The Kier molecular flexibility index (Phi) is 6.01.